The number of nitrogens with zero attached hydrogens (tertiary/aromatic N) is 1. The van der Waals surface area contributed by atoms with Gasteiger partial charge in [0.25, 0.3) is 0 Å². The first-order valence-electron chi connectivity index (χ1n) is 6.17. The normalized spacial score (nSPS) is 17.3. The van der Waals surface area contributed by atoms with Gasteiger partial charge in [0, 0.05) is 20.1 Å². The average Bonchev–Trinajstić information content (AvgIpc) is 2.99. The number of hydrogen-bond acceptors (Lipinski definition) is 2. The lowest BCUT2D eigenvalue weighted by Crippen LogP contribution is -2.42. The zero-order valence-corrected chi connectivity index (χ0v) is 10.6. The monoisotopic (exact) mass is 228 g/mol. The predicted molar refractivity (Wildman–Crippen MR) is 64.2 cm³/mol. The zero-order chi connectivity index (χ0) is 12.1. The average molecular weight is 228 g/mol. The van der Waals surface area contributed by atoms with Gasteiger partial charge in [-0.15, -0.1) is 0 Å². The first-order chi connectivity index (χ1) is 7.50. The summed E-state index contributed by atoms with van der Waals surface area (Å²) in [7, 11) is 1.73. The van der Waals surface area contributed by atoms with Crippen molar-refractivity contribution >= 4 is 6.03 Å². The quantitative estimate of drug-likeness (QED) is 0.723. The number of likely N-dealkylation sites (N-methyl/N-ethyl adjacent to an activating group) is 1. The van der Waals surface area contributed by atoms with Gasteiger partial charge in [0.1, 0.15) is 0 Å². The van der Waals surface area contributed by atoms with Crippen LogP contribution in [0.1, 0.15) is 33.1 Å². The fraction of sp³-hybridized carbons (Fsp3) is 0.917. The summed E-state index contributed by atoms with van der Waals surface area (Å²) >= 11 is 0. The molecule has 0 aromatic carbocycles. The molecule has 1 unspecified atom stereocenters. The second-order valence-corrected chi connectivity index (χ2v) is 5.20. The fourth-order valence-corrected chi connectivity index (χ4v) is 1.60. The van der Waals surface area contributed by atoms with E-state index in [1.807, 2.05) is 0 Å². The second-order valence-electron chi connectivity index (χ2n) is 5.20. The first-order valence-corrected chi connectivity index (χ1v) is 6.17. The summed E-state index contributed by atoms with van der Waals surface area (Å²) in [5.74, 6) is 1.02. The van der Waals surface area contributed by atoms with Crippen LogP contribution in [-0.4, -0.2) is 42.3 Å². The molecule has 16 heavy (non-hydrogen) atoms. The van der Waals surface area contributed by atoms with Gasteiger partial charge in [0.05, 0.1) is 6.10 Å². The minimum atomic E-state index is -0.346. The van der Waals surface area contributed by atoms with Crippen molar-refractivity contribution in [2.45, 2.75) is 39.2 Å². The van der Waals surface area contributed by atoms with Crippen LogP contribution in [0.15, 0.2) is 0 Å². The Bertz CT molecular complexity index is 227. The molecule has 0 aromatic heterocycles. The van der Waals surface area contributed by atoms with E-state index in [9.17, 15) is 9.90 Å². The van der Waals surface area contributed by atoms with E-state index in [1.54, 1.807) is 11.9 Å². The van der Waals surface area contributed by atoms with Crippen molar-refractivity contribution in [2.24, 2.45) is 11.8 Å². The Kier molecular flexibility index (Phi) is 5.06. The van der Waals surface area contributed by atoms with Crippen molar-refractivity contribution in [2.75, 3.05) is 20.1 Å². The molecule has 1 fully saturated rings. The summed E-state index contributed by atoms with van der Waals surface area (Å²) in [5.41, 5.74) is 0. The van der Waals surface area contributed by atoms with Crippen molar-refractivity contribution < 1.29 is 9.90 Å². The lowest BCUT2D eigenvalue weighted by atomic mass is 10.1. The predicted octanol–water partition coefficient (Wildman–Crippen LogP) is 1.44. The van der Waals surface area contributed by atoms with Crippen molar-refractivity contribution in [1.29, 1.82) is 0 Å². The highest BCUT2D eigenvalue weighted by molar-refractivity contribution is 5.73. The Hall–Kier alpha value is -0.770. The summed E-state index contributed by atoms with van der Waals surface area (Å²) in [5, 5.41) is 12.6. The number of aliphatic hydroxyl groups excluding tert-OH is 1. The first kappa shape index (κ1) is 13.3. The van der Waals surface area contributed by atoms with Crippen LogP contribution >= 0.6 is 0 Å². The molecule has 0 aromatic rings. The number of carbonyl (C=O) groups is 1. The molecule has 2 N–H and O–H groups in total. The van der Waals surface area contributed by atoms with Gasteiger partial charge in [-0.1, -0.05) is 13.8 Å². The van der Waals surface area contributed by atoms with Gasteiger partial charge in [0.2, 0.25) is 0 Å². The lowest BCUT2D eigenvalue weighted by Gasteiger charge is -2.21. The molecule has 1 aliphatic carbocycles. The van der Waals surface area contributed by atoms with E-state index in [-0.39, 0.29) is 12.1 Å². The van der Waals surface area contributed by atoms with E-state index in [0.717, 1.165) is 19.3 Å². The van der Waals surface area contributed by atoms with Crippen LogP contribution in [-0.2, 0) is 0 Å². The highest BCUT2D eigenvalue weighted by atomic mass is 16.3. The van der Waals surface area contributed by atoms with Gasteiger partial charge in [-0.05, 0) is 31.1 Å². The van der Waals surface area contributed by atoms with E-state index in [1.165, 1.54) is 0 Å². The molecule has 94 valence electrons. The summed E-state index contributed by atoms with van der Waals surface area (Å²) in [6.07, 6.45) is 2.85. The zero-order valence-electron chi connectivity index (χ0n) is 10.6. The van der Waals surface area contributed by atoms with E-state index < -0.39 is 0 Å². The van der Waals surface area contributed by atoms with E-state index in [2.05, 4.69) is 19.2 Å². The number of rotatable bonds is 6. The van der Waals surface area contributed by atoms with E-state index >= 15 is 0 Å². The molecule has 0 bridgehead atoms. The summed E-state index contributed by atoms with van der Waals surface area (Å²) < 4.78 is 0. The molecule has 0 heterocycles. The number of hydrogen-bond donors (Lipinski definition) is 2. The number of amides is 2. The number of nitrogens with one attached hydrogen (secondary N) is 1. The Morgan fingerprint density at radius 3 is 2.62 bits per heavy atom. The fourth-order valence-electron chi connectivity index (χ4n) is 1.60. The van der Waals surface area contributed by atoms with Gasteiger partial charge in [-0.3, -0.25) is 0 Å². The minimum Gasteiger partial charge on any atom is -0.391 e. The van der Waals surface area contributed by atoms with Crippen LogP contribution in [0, 0.1) is 11.8 Å². The van der Waals surface area contributed by atoms with Crippen molar-refractivity contribution in [1.82, 2.24) is 10.2 Å². The molecule has 0 spiro atoms. The molecule has 4 nitrogen and oxygen atoms in total. The molecule has 0 saturated heterocycles. The standard InChI is InChI=1S/C12H24N2O2/c1-9(2)6-7-13-12(16)14(3)8-11(15)10-4-5-10/h9-11,15H,4-8H2,1-3H3,(H,13,16). The third-order valence-electron chi connectivity index (χ3n) is 2.97. The van der Waals surface area contributed by atoms with Crippen LogP contribution in [0.25, 0.3) is 0 Å². The van der Waals surface area contributed by atoms with Gasteiger partial charge < -0.3 is 15.3 Å². The van der Waals surface area contributed by atoms with Crippen LogP contribution < -0.4 is 5.32 Å². The minimum absolute atomic E-state index is 0.0830. The topological polar surface area (TPSA) is 52.6 Å². The third-order valence-corrected chi connectivity index (χ3v) is 2.97. The van der Waals surface area contributed by atoms with Gasteiger partial charge in [0.15, 0.2) is 0 Å². The van der Waals surface area contributed by atoms with Crippen molar-refractivity contribution in [3.63, 3.8) is 0 Å². The highest BCUT2D eigenvalue weighted by Gasteiger charge is 2.31. The number of urea groups is 1. The summed E-state index contributed by atoms with van der Waals surface area (Å²) in [4.78, 5) is 13.2. The van der Waals surface area contributed by atoms with E-state index in [0.29, 0.717) is 24.9 Å². The maximum Gasteiger partial charge on any atom is 0.317 e. The molecule has 1 rings (SSSR count). The maximum absolute atomic E-state index is 11.6. The van der Waals surface area contributed by atoms with Gasteiger partial charge in [-0.25, -0.2) is 4.79 Å². The largest absolute Gasteiger partial charge is 0.391 e. The van der Waals surface area contributed by atoms with E-state index in [4.69, 9.17) is 0 Å². The molecular formula is C12H24N2O2. The molecule has 1 atom stereocenters. The maximum atomic E-state index is 11.6. The van der Waals surface area contributed by atoms with Crippen molar-refractivity contribution in [3.8, 4) is 0 Å². The Morgan fingerprint density at radius 1 is 1.50 bits per heavy atom. The Morgan fingerprint density at radius 2 is 2.12 bits per heavy atom. The molecule has 4 heteroatoms. The number of aliphatic hydroxyl groups is 1. The molecule has 0 radical (unpaired) electrons. The van der Waals surface area contributed by atoms with Crippen LogP contribution in [0.3, 0.4) is 0 Å². The SMILES string of the molecule is CC(C)CCNC(=O)N(C)CC(O)C1CC1. The second kappa shape index (κ2) is 6.09. The highest BCUT2D eigenvalue weighted by Crippen LogP contribution is 2.32. The van der Waals surface area contributed by atoms with Crippen LogP contribution in [0.2, 0.25) is 0 Å². The summed E-state index contributed by atoms with van der Waals surface area (Å²) in [6, 6.07) is -0.0830. The Labute approximate surface area is 98.0 Å². The number of carbonyl (C=O) groups excluding carboxylic acids is 1. The van der Waals surface area contributed by atoms with Crippen molar-refractivity contribution in [3.05, 3.63) is 0 Å². The molecular weight excluding hydrogens is 204 g/mol. The van der Waals surface area contributed by atoms with Crippen LogP contribution in [0.4, 0.5) is 4.79 Å². The molecule has 1 aliphatic rings. The summed E-state index contributed by atoms with van der Waals surface area (Å²) in [6.45, 7) is 5.41. The van der Waals surface area contributed by atoms with Gasteiger partial charge >= 0.3 is 6.03 Å². The van der Waals surface area contributed by atoms with Crippen LogP contribution in [0.5, 0.6) is 0 Å². The smallest absolute Gasteiger partial charge is 0.317 e. The molecule has 0 aliphatic heterocycles. The van der Waals surface area contributed by atoms with Gasteiger partial charge in [-0.2, -0.15) is 0 Å². The molecule has 2 amide bonds. The lowest BCUT2D eigenvalue weighted by molar-refractivity contribution is 0.113. The third kappa shape index (κ3) is 4.84. The molecule has 1 saturated carbocycles. The Balaban J connectivity index is 2.14.